The van der Waals surface area contributed by atoms with Crippen LogP contribution in [0.3, 0.4) is 0 Å². The average molecular weight is 549 g/mol. The third-order valence-electron chi connectivity index (χ3n) is 7.74. The first-order valence-corrected chi connectivity index (χ1v) is 13.8. The first-order chi connectivity index (χ1) is 19.5. The number of carbonyl (C=O) groups excluding carboxylic acids is 1. The lowest BCUT2D eigenvalue weighted by molar-refractivity contribution is 0.0383. The molecule has 1 aliphatic heterocycles. The van der Waals surface area contributed by atoms with Crippen molar-refractivity contribution >= 4 is 17.2 Å². The van der Waals surface area contributed by atoms with Gasteiger partial charge in [-0.25, -0.2) is 14.5 Å². The number of imidazole rings is 1. The molecule has 1 saturated heterocycles. The van der Waals surface area contributed by atoms with E-state index >= 15 is 0 Å². The van der Waals surface area contributed by atoms with Crippen molar-refractivity contribution in [3.05, 3.63) is 36.4 Å². The summed E-state index contributed by atoms with van der Waals surface area (Å²) in [6.45, 7) is 4.45. The molecule has 1 amide bonds. The molecule has 0 aromatic carbocycles. The monoisotopic (exact) mass is 548 g/mol. The van der Waals surface area contributed by atoms with Gasteiger partial charge in [-0.1, -0.05) is 0 Å². The van der Waals surface area contributed by atoms with Crippen molar-refractivity contribution in [3.8, 4) is 22.9 Å². The number of aryl methyl sites for hydroxylation is 2. The van der Waals surface area contributed by atoms with Crippen LogP contribution in [0, 0.1) is 0 Å². The molecule has 2 aliphatic rings. The fraction of sp³-hybridized carbons (Fsp3) is 0.519. The minimum atomic E-state index is -0.186. The van der Waals surface area contributed by atoms with Crippen molar-refractivity contribution in [1.29, 1.82) is 0 Å². The zero-order valence-corrected chi connectivity index (χ0v) is 23.2. The van der Waals surface area contributed by atoms with Gasteiger partial charge in [-0.05, 0) is 25.3 Å². The van der Waals surface area contributed by atoms with Gasteiger partial charge < -0.3 is 24.7 Å². The molecule has 0 bridgehead atoms. The second-order valence-electron chi connectivity index (χ2n) is 10.5. The Morgan fingerprint density at radius 1 is 1.18 bits per heavy atom. The molecule has 6 rings (SSSR count). The number of nitrogens with zero attached hydrogens (tertiary/aromatic N) is 8. The van der Waals surface area contributed by atoms with E-state index in [1.807, 2.05) is 43.3 Å². The van der Waals surface area contributed by atoms with Crippen LogP contribution in [0.5, 0.6) is 0 Å². The van der Waals surface area contributed by atoms with Gasteiger partial charge in [-0.2, -0.15) is 5.10 Å². The van der Waals surface area contributed by atoms with Gasteiger partial charge in [-0.15, -0.1) is 5.10 Å². The number of hydrogen-bond donors (Lipinski definition) is 2. The summed E-state index contributed by atoms with van der Waals surface area (Å²) in [5, 5.41) is 16.2. The molecule has 2 atom stereocenters. The summed E-state index contributed by atoms with van der Waals surface area (Å²) in [7, 11) is 5.52. The standard InChI is InChI=1S/C27H36N10O3/c1-34-10-7-28-26(34)25-31-24(30-18-4-5-19(16-18)39-3)23-22(27(38)29-8-11-36-12-14-40-15-13-36)20(17-37(23)33-25)21-6-9-35(2)32-21/h6-7,9-10,17-19H,4-5,8,11-16H2,1-3H3,(H,29,38)(H,30,31,33)/t18-,19-/m0/s1. The molecule has 0 unspecified atom stereocenters. The molecule has 5 heterocycles. The van der Waals surface area contributed by atoms with E-state index in [0.29, 0.717) is 46.3 Å². The fourth-order valence-corrected chi connectivity index (χ4v) is 5.56. The number of aromatic nitrogens is 7. The van der Waals surface area contributed by atoms with Crippen molar-refractivity contribution in [2.24, 2.45) is 14.1 Å². The first kappa shape index (κ1) is 26.4. The third kappa shape index (κ3) is 5.31. The third-order valence-corrected chi connectivity index (χ3v) is 7.74. The number of methoxy groups -OCH3 is 1. The molecular weight excluding hydrogens is 512 g/mol. The second kappa shape index (κ2) is 11.4. The largest absolute Gasteiger partial charge is 0.381 e. The molecular formula is C27H36N10O3. The van der Waals surface area contributed by atoms with Crippen LogP contribution in [-0.4, -0.2) is 103 Å². The number of hydrogen-bond acceptors (Lipinski definition) is 9. The van der Waals surface area contributed by atoms with E-state index in [1.54, 1.807) is 22.5 Å². The Hall–Kier alpha value is -3.81. The number of ether oxygens (including phenoxy) is 2. The lowest BCUT2D eigenvalue weighted by Crippen LogP contribution is -2.41. The molecule has 0 radical (unpaired) electrons. The molecule has 13 nitrogen and oxygen atoms in total. The van der Waals surface area contributed by atoms with Gasteiger partial charge in [0.15, 0.2) is 11.6 Å². The van der Waals surface area contributed by atoms with E-state index in [4.69, 9.17) is 19.6 Å². The highest BCUT2D eigenvalue weighted by atomic mass is 16.5. The highest BCUT2D eigenvalue weighted by molar-refractivity contribution is 6.09. The Morgan fingerprint density at radius 3 is 2.73 bits per heavy atom. The van der Waals surface area contributed by atoms with E-state index in [9.17, 15) is 4.79 Å². The highest BCUT2D eigenvalue weighted by Gasteiger charge is 2.29. The van der Waals surface area contributed by atoms with Crippen molar-refractivity contribution in [2.45, 2.75) is 31.4 Å². The topological polar surface area (TPSA) is 129 Å². The predicted molar refractivity (Wildman–Crippen MR) is 149 cm³/mol. The predicted octanol–water partition coefficient (Wildman–Crippen LogP) is 1.57. The van der Waals surface area contributed by atoms with Gasteiger partial charge in [0.25, 0.3) is 5.91 Å². The Kier molecular flexibility index (Phi) is 7.50. The second-order valence-corrected chi connectivity index (χ2v) is 10.5. The smallest absolute Gasteiger partial charge is 0.254 e. The Balaban J connectivity index is 1.42. The molecule has 4 aromatic heterocycles. The summed E-state index contributed by atoms with van der Waals surface area (Å²) >= 11 is 0. The molecule has 4 aromatic rings. The zero-order valence-electron chi connectivity index (χ0n) is 23.2. The van der Waals surface area contributed by atoms with Gasteiger partial charge >= 0.3 is 0 Å². The number of fused-ring (bicyclic) bond motifs is 1. The van der Waals surface area contributed by atoms with Crippen LogP contribution in [0.4, 0.5) is 5.82 Å². The van der Waals surface area contributed by atoms with Crippen LogP contribution in [0.2, 0.25) is 0 Å². The summed E-state index contributed by atoms with van der Waals surface area (Å²) < 4.78 is 16.4. The fourth-order valence-electron chi connectivity index (χ4n) is 5.56. The SMILES string of the molecule is CO[C@H]1CC[C@H](Nc2nc(-c3nccn3C)nn3cc(-c4ccn(C)n4)c(C(=O)NCCN4CCOCC4)c23)C1. The maximum absolute atomic E-state index is 13.9. The summed E-state index contributed by atoms with van der Waals surface area (Å²) in [6.07, 6.45) is 10.3. The maximum atomic E-state index is 13.9. The van der Waals surface area contributed by atoms with Crippen LogP contribution >= 0.6 is 0 Å². The quantitative estimate of drug-likeness (QED) is 0.320. The first-order valence-electron chi connectivity index (χ1n) is 13.8. The minimum absolute atomic E-state index is 0.156. The van der Waals surface area contributed by atoms with Crippen LogP contribution in [0.1, 0.15) is 29.6 Å². The Morgan fingerprint density at radius 2 is 2.02 bits per heavy atom. The molecule has 212 valence electrons. The molecule has 13 heteroatoms. The van der Waals surface area contributed by atoms with E-state index in [0.717, 1.165) is 52.1 Å². The number of morpholine rings is 1. The molecule has 1 saturated carbocycles. The molecule has 2 N–H and O–H groups in total. The minimum Gasteiger partial charge on any atom is -0.381 e. The van der Waals surface area contributed by atoms with E-state index in [2.05, 4.69) is 25.6 Å². The van der Waals surface area contributed by atoms with Gasteiger partial charge in [0.1, 0.15) is 5.52 Å². The highest BCUT2D eigenvalue weighted by Crippen LogP contribution is 2.34. The molecule has 40 heavy (non-hydrogen) atoms. The van der Waals surface area contributed by atoms with Crippen molar-refractivity contribution in [3.63, 3.8) is 0 Å². The van der Waals surface area contributed by atoms with Crippen molar-refractivity contribution in [2.75, 3.05) is 51.8 Å². The van der Waals surface area contributed by atoms with Crippen LogP contribution in [-0.2, 0) is 23.6 Å². The van der Waals surface area contributed by atoms with Gasteiger partial charge in [0.2, 0.25) is 5.82 Å². The van der Waals surface area contributed by atoms with Gasteiger partial charge in [0, 0.05) is 83.8 Å². The molecule has 1 aliphatic carbocycles. The van der Waals surface area contributed by atoms with E-state index in [1.165, 1.54) is 0 Å². The summed E-state index contributed by atoms with van der Waals surface area (Å²) in [5.74, 6) is 1.51. The van der Waals surface area contributed by atoms with Crippen LogP contribution in [0.25, 0.3) is 28.4 Å². The number of anilines is 1. The number of nitrogens with one attached hydrogen (secondary N) is 2. The van der Waals surface area contributed by atoms with Gasteiger partial charge in [0.05, 0.1) is 30.6 Å². The summed E-state index contributed by atoms with van der Waals surface area (Å²) in [4.78, 5) is 25.6. The maximum Gasteiger partial charge on any atom is 0.254 e. The van der Waals surface area contributed by atoms with E-state index < -0.39 is 0 Å². The zero-order chi connectivity index (χ0) is 27.6. The summed E-state index contributed by atoms with van der Waals surface area (Å²) in [6, 6.07) is 2.06. The molecule has 2 fully saturated rings. The lowest BCUT2D eigenvalue weighted by Gasteiger charge is -2.26. The van der Waals surface area contributed by atoms with E-state index in [-0.39, 0.29) is 18.1 Å². The van der Waals surface area contributed by atoms with Crippen LogP contribution < -0.4 is 10.6 Å². The van der Waals surface area contributed by atoms with Gasteiger partial charge in [-0.3, -0.25) is 14.4 Å². The average Bonchev–Trinajstić information content (AvgIpc) is 3.75. The summed E-state index contributed by atoms with van der Waals surface area (Å²) in [5.41, 5.74) is 2.50. The number of amides is 1. The number of rotatable bonds is 9. The lowest BCUT2D eigenvalue weighted by atomic mass is 10.1. The molecule has 0 spiro atoms. The normalized spacial score (nSPS) is 19.9. The number of carbonyl (C=O) groups is 1. The van der Waals surface area contributed by atoms with Crippen LogP contribution in [0.15, 0.2) is 30.9 Å². The Labute approximate surface area is 232 Å². The van der Waals surface area contributed by atoms with Crippen molar-refractivity contribution < 1.29 is 14.3 Å². The Bertz CT molecular complexity index is 1490. The van der Waals surface area contributed by atoms with Crippen molar-refractivity contribution in [1.82, 2.24) is 44.1 Å².